The van der Waals surface area contributed by atoms with Crippen LogP contribution in [0, 0.1) is 6.92 Å². The largest absolute Gasteiger partial charge is 0.467 e. The average Bonchev–Trinajstić information content (AvgIpc) is 3.46. The smallest absolute Gasteiger partial charge is 0.332 e. The van der Waals surface area contributed by atoms with E-state index in [0.29, 0.717) is 29.0 Å². The zero-order valence-electron chi connectivity index (χ0n) is 19.7. The summed E-state index contributed by atoms with van der Waals surface area (Å²) in [6, 6.07) is 13.4. The Morgan fingerprint density at radius 1 is 1.09 bits per heavy atom. The second kappa shape index (κ2) is 9.94. The van der Waals surface area contributed by atoms with Crippen molar-refractivity contribution >= 4 is 16.9 Å². The molecular formula is C25H29N5O4. The lowest BCUT2D eigenvalue weighted by Crippen LogP contribution is -2.44. The number of nitrogens with one attached hydrogen (secondary N) is 1. The molecule has 0 spiro atoms. The molecule has 1 unspecified atom stereocenters. The number of amides is 1. The Kier molecular flexibility index (Phi) is 6.81. The fourth-order valence-electron chi connectivity index (χ4n) is 4.20. The highest BCUT2D eigenvalue weighted by Crippen LogP contribution is 2.14. The molecule has 3 aromatic heterocycles. The van der Waals surface area contributed by atoms with Crippen LogP contribution in [-0.4, -0.2) is 30.9 Å². The molecular weight excluding hydrogens is 434 g/mol. The summed E-state index contributed by atoms with van der Waals surface area (Å²) >= 11 is 0. The van der Waals surface area contributed by atoms with Gasteiger partial charge in [-0.05, 0) is 51.3 Å². The summed E-state index contributed by atoms with van der Waals surface area (Å²) in [5.41, 5.74) is 1.40. The Bertz CT molecular complexity index is 1400. The maximum atomic E-state index is 13.4. The summed E-state index contributed by atoms with van der Waals surface area (Å²) in [6.07, 6.45) is 3.09. The topological polar surface area (TPSA) is 104 Å². The fourth-order valence-corrected chi connectivity index (χ4v) is 4.20. The van der Waals surface area contributed by atoms with Gasteiger partial charge in [-0.15, -0.1) is 0 Å². The van der Waals surface area contributed by atoms with Crippen LogP contribution < -0.4 is 16.6 Å². The summed E-state index contributed by atoms with van der Waals surface area (Å²) in [5.74, 6) is 0.180. The molecule has 0 radical (unpaired) electrons. The van der Waals surface area contributed by atoms with Gasteiger partial charge in [-0.25, -0.2) is 4.79 Å². The number of furan rings is 1. The first kappa shape index (κ1) is 23.3. The van der Waals surface area contributed by atoms with E-state index < -0.39 is 11.2 Å². The number of aromatic nitrogens is 4. The minimum absolute atomic E-state index is 0.0242. The van der Waals surface area contributed by atoms with Gasteiger partial charge in [0.25, 0.3) is 5.56 Å². The van der Waals surface area contributed by atoms with E-state index in [1.165, 1.54) is 16.4 Å². The molecule has 1 atom stereocenters. The Balaban J connectivity index is 1.63. The van der Waals surface area contributed by atoms with Crippen LogP contribution in [0.1, 0.15) is 37.3 Å². The van der Waals surface area contributed by atoms with Gasteiger partial charge in [0.15, 0.2) is 5.52 Å². The minimum Gasteiger partial charge on any atom is -0.467 e. The Morgan fingerprint density at radius 3 is 2.53 bits per heavy atom. The fraction of sp³-hybridized carbons (Fsp3) is 0.360. The molecule has 1 N–H and O–H groups in total. The van der Waals surface area contributed by atoms with Gasteiger partial charge >= 0.3 is 5.69 Å². The molecule has 0 aliphatic rings. The predicted octanol–water partition coefficient (Wildman–Crippen LogP) is 2.47. The summed E-state index contributed by atoms with van der Waals surface area (Å²) in [6.45, 7) is 5.78. The van der Waals surface area contributed by atoms with E-state index in [0.717, 1.165) is 17.4 Å². The monoisotopic (exact) mass is 463 g/mol. The summed E-state index contributed by atoms with van der Waals surface area (Å²) < 4.78 is 9.36. The molecule has 9 heteroatoms. The number of hydrogen-bond acceptors (Lipinski definition) is 5. The van der Waals surface area contributed by atoms with Crippen molar-refractivity contribution in [2.24, 2.45) is 0 Å². The average molecular weight is 464 g/mol. The van der Waals surface area contributed by atoms with E-state index in [9.17, 15) is 14.4 Å². The van der Waals surface area contributed by atoms with Crippen molar-refractivity contribution in [2.75, 3.05) is 0 Å². The van der Waals surface area contributed by atoms with Gasteiger partial charge in [-0.2, -0.15) is 5.10 Å². The van der Waals surface area contributed by atoms with Crippen molar-refractivity contribution in [3.63, 3.8) is 0 Å². The third-order valence-corrected chi connectivity index (χ3v) is 5.89. The second-order valence-corrected chi connectivity index (χ2v) is 8.43. The van der Waals surface area contributed by atoms with Gasteiger partial charge in [0.1, 0.15) is 17.8 Å². The molecule has 9 nitrogen and oxygen atoms in total. The molecule has 178 valence electrons. The lowest BCUT2D eigenvalue weighted by molar-refractivity contribution is -0.122. The van der Waals surface area contributed by atoms with E-state index in [4.69, 9.17) is 4.42 Å². The number of nitrogens with zero attached hydrogens (tertiary/aromatic N) is 4. The first-order valence-corrected chi connectivity index (χ1v) is 11.5. The normalized spacial score (nSPS) is 12.2. The highest BCUT2D eigenvalue weighted by atomic mass is 16.3. The number of hydrogen-bond donors (Lipinski definition) is 1. The minimum atomic E-state index is -0.570. The molecule has 1 amide bonds. The predicted molar refractivity (Wildman–Crippen MR) is 129 cm³/mol. The summed E-state index contributed by atoms with van der Waals surface area (Å²) in [5, 5.41) is 7.41. The zero-order valence-corrected chi connectivity index (χ0v) is 19.7. The van der Waals surface area contributed by atoms with Crippen molar-refractivity contribution in [1.29, 1.82) is 0 Å². The van der Waals surface area contributed by atoms with Gasteiger partial charge < -0.3 is 9.73 Å². The van der Waals surface area contributed by atoms with E-state index in [1.807, 2.05) is 32.0 Å². The quantitative estimate of drug-likeness (QED) is 0.411. The van der Waals surface area contributed by atoms with Crippen LogP contribution in [0.4, 0.5) is 0 Å². The number of carbonyl (C=O) groups is 1. The maximum Gasteiger partial charge on any atom is 0.332 e. The number of fused-ring (bicyclic) bond motifs is 1. The van der Waals surface area contributed by atoms with Gasteiger partial charge in [0, 0.05) is 12.6 Å². The maximum absolute atomic E-state index is 13.4. The molecule has 34 heavy (non-hydrogen) atoms. The van der Waals surface area contributed by atoms with Crippen LogP contribution >= 0.6 is 0 Å². The molecule has 0 aliphatic carbocycles. The van der Waals surface area contributed by atoms with Crippen LogP contribution in [0.25, 0.3) is 11.0 Å². The van der Waals surface area contributed by atoms with Crippen molar-refractivity contribution in [3.05, 3.63) is 86.6 Å². The highest BCUT2D eigenvalue weighted by molar-refractivity contribution is 5.81. The number of rotatable bonds is 9. The first-order chi connectivity index (χ1) is 16.4. The Hall–Kier alpha value is -3.88. The molecule has 0 aliphatic heterocycles. The van der Waals surface area contributed by atoms with Crippen molar-refractivity contribution in [1.82, 2.24) is 24.2 Å². The molecule has 4 rings (SSSR count). The van der Waals surface area contributed by atoms with Crippen LogP contribution in [0.3, 0.4) is 0 Å². The van der Waals surface area contributed by atoms with E-state index in [1.54, 1.807) is 23.7 Å². The van der Waals surface area contributed by atoms with Crippen LogP contribution in [-0.2, 0) is 30.8 Å². The van der Waals surface area contributed by atoms with Crippen molar-refractivity contribution in [3.8, 4) is 0 Å². The number of carbonyl (C=O) groups excluding carboxylic acids is 1. The first-order valence-electron chi connectivity index (χ1n) is 11.5. The molecule has 0 saturated heterocycles. The molecule has 4 aromatic rings. The molecule has 0 fully saturated rings. The third-order valence-electron chi connectivity index (χ3n) is 5.89. The lowest BCUT2D eigenvalue weighted by Gasteiger charge is -2.16. The Morgan fingerprint density at radius 2 is 1.85 bits per heavy atom. The Labute approximate surface area is 196 Å². The van der Waals surface area contributed by atoms with E-state index in [2.05, 4.69) is 22.5 Å². The van der Waals surface area contributed by atoms with Crippen LogP contribution in [0.2, 0.25) is 0 Å². The number of aryl methyl sites for hydroxylation is 3. The van der Waals surface area contributed by atoms with Gasteiger partial charge in [-0.3, -0.25) is 23.4 Å². The molecule has 0 bridgehead atoms. The summed E-state index contributed by atoms with van der Waals surface area (Å²) in [4.78, 5) is 39.6. The van der Waals surface area contributed by atoms with Gasteiger partial charge in [0.05, 0.1) is 18.5 Å². The van der Waals surface area contributed by atoms with E-state index >= 15 is 0 Å². The van der Waals surface area contributed by atoms with Gasteiger partial charge in [-0.1, -0.05) is 30.3 Å². The SMILES string of the molecule is CCn1nc(C)c2c1c(=O)n(Cc1ccco1)c(=O)n2CC(=O)NC(C)CCc1ccccc1. The molecule has 3 heterocycles. The standard InChI is InChI=1S/C25H29N5O4/c1-4-30-23-22(18(3)27-30)28(25(33)29(24(23)32)15-20-11-8-14-34-20)16-21(31)26-17(2)12-13-19-9-6-5-7-10-19/h5-11,14,17H,4,12-13,15-16H2,1-3H3,(H,26,31). The van der Waals surface area contributed by atoms with Crippen LogP contribution in [0.15, 0.2) is 62.7 Å². The van der Waals surface area contributed by atoms with Crippen molar-refractivity contribution < 1.29 is 9.21 Å². The van der Waals surface area contributed by atoms with Gasteiger partial charge in [0.2, 0.25) is 5.91 Å². The molecule has 0 saturated carbocycles. The lowest BCUT2D eigenvalue weighted by atomic mass is 10.1. The van der Waals surface area contributed by atoms with Crippen LogP contribution in [0.5, 0.6) is 0 Å². The highest BCUT2D eigenvalue weighted by Gasteiger charge is 2.22. The number of benzene rings is 1. The second-order valence-electron chi connectivity index (χ2n) is 8.43. The molecule has 1 aromatic carbocycles. The van der Waals surface area contributed by atoms with Crippen molar-refractivity contribution in [2.45, 2.75) is 59.3 Å². The third kappa shape index (κ3) is 4.73. The zero-order chi connectivity index (χ0) is 24.2. The van der Waals surface area contributed by atoms with E-state index in [-0.39, 0.29) is 25.0 Å². The summed E-state index contributed by atoms with van der Waals surface area (Å²) in [7, 11) is 0.